The highest BCUT2D eigenvalue weighted by molar-refractivity contribution is 5.83. The zero-order valence-corrected chi connectivity index (χ0v) is 33.3. The standard InChI is InChI=1S/C50H42O8/c1-19(51)57-49-45-37-13-39(31-11-23-21(9-29(31)37)25-7-27(23)35-17-43(55-5)41(53-3)15-33(25)35)47(45)50(58-20(2)52)48-40-14-38(46(48)49)30-10-22-24(12-32(30)40)28-8-26(22)34-16-42(54-4)44(56-6)18-36(28)34/h9-12,15-18,25-28,37-40H,7-8,13-14H2,1-6H3/t25-,26+,27+,28-,37+,38-,39-,40+. The Bertz CT molecular complexity index is 2460. The van der Waals surface area contributed by atoms with Gasteiger partial charge in [-0.1, -0.05) is 24.3 Å². The van der Waals surface area contributed by atoms with E-state index in [0.717, 1.165) is 70.9 Å². The van der Waals surface area contributed by atoms with Crippen molar-refractivity contribution in [1.82, 2.24) is 0 Å². The number of esters is 2. The van der Waals surface area contributed by atoms with E-state index in [-0.39, 0.29) is 35.6 Å². The summed E-state index contributed by atoms with van der Waals surface area (Å²) in [6.07, 6.45) is 3.82. The molecule has 0 amide bonds. The number of ether oxygens (including phenoxy) is 6. The predicted molar refractivity (Wildman–Crippen MR) is 214 cm³/mol. The number of carbonyl (C=O) groups is 2. The van der Waals surface area contributed by atoms with Crippen molar-refractivity contribution in [2.24, 2.45) is 0 Å². The van der Waals surface area contributed by atoms with Crippen molar-refractivity contribution in [1.29, 1.82) is 0 Å². The van der Waals surface area contributed by atoms with Crippen LogP contribution in [0.4, 0.5) is 0 Å². The molecule has 0 fully saturated rings. The molecule has 58 heavy (non-hydrogen) atoms. The van der Waals surface area contributed by atoms with E-state index >= 15 is 0 Å². The van der Waals surface area contributed by atoms with E-state index in [1.54, 1.807) is 28.4 Å². The number of benzene rings is 5. The van der Waals surface area contributed by atoms with Gasteiger partial charge in [-0.05, 0) is 117 Å². The molecule has 8 atom stereocenters. The molecule has 0 spiro atoms. The minimum absolute atomic E-state index is 0.0380. The van der Waals surface area contributed by atoms with Crippen LogP contribution in [0.1, 0.15) is 176 Å². The highest BCUT2D eigenvalue weighted by Crippen LogP contribution is 2.72. The number of carbonyl (C=O) groups excluding carboxylic acids is 2. The summed E-state index contributed by atoms with van der Waals surface area (Å²) < 4.78 is 35.8. The van der Waals surface area contributed by atoms with Gasteiger partial charge in [-0.15, -0.1) is 0 Å². The Hall–Kier alpha value is -5.76. The van der Waals surface area contributed by atoms with Gasteiger partial charge in [-0.3, -0.25) is 9.59 Å². The van der Waals surface area contributed by atoms with Crippen molar-refractivity contribution in [3.8, 4) is 34.5 Å². The third-order valence-corrected chi connectivity index (χ3v) is 15.6. The zero-order valence-electron chi connectivity index (χ0n) is 33.3. The van der Waals surface area contributed by atoms with Gasteiger partial charge in [0.05, 0.1) is 28.4 Å². The first-order valence-corrected chi connectivity index (χ1v) is 20.7. The van der Waals surface area contributed by atoms with Crippen LogP contribution in [0.15, 0.2) is 48.5 Å². The lowest BCUT2D eigenvalue weighted by atomic mass is 9.74. The van der Waals surface area contributed by atoms with Crippen LogP contribution >= 0.6 is 0 Å². The van der Waals surface area contributed by atoms with Crippen LogP contribution in [0.2, 0.25) is 0 Å². The van der Waals surface area contributed by atoms with Crippen LogP contribution in [0, 0.1) is 0 Å². The summed E-state index contributed by atoms with van der Waals surface area (Å²) in [6.45, 7) is 3.02. The number of fused-ring (bicyclic) bond motifs is 32. The lowest BCUT2D eigenvalue weighted by Gasteiger charge is -2.32. The Morgan fingerprint density at radius 2 is 0.569 bits per heavy atom. The lowest BCUT2D eigenvalue weighted by Crippen LogP contribution is -2.19. The molecule has 8 aliphatic rings. The minimum atomic E-state index is -0.324. The third kappa shape index (κ3) is 3.83. The quantitative estimate of drug-likeness (QED) is 0.125. The number of hydrogen-bond acceptors (Lipinski definition) is 8. The Labute approximate surface area is 336 Å². The fourth-order valence-electron chi connectivity index (χ4n) is 13.7. The van der Waals surface area contributed by atoms with Gasteiger partial charge in [0.1, 0.15) is 11.5 Å². The topological polar surface area (TPSA) is 89.5 Å². The largest absolute Gasteiger partial charge is 0.493 e. The number of rotatable bonds is 6. The summed E-state index contributed by atoms with van der Waals surface area (Å²) in [4.78, 5) is 26.3. The molecule has 0 saturated carbocycles. The molecular formula is C50H42O8. The molecule has 0 radical (unpaired) electrons. The van der Waals surface area contributed by atoms with Crippen molar-refractivity contribution in [2.45, 2.75) is 86.9 Å². The highest BCUT2D eigenvalue weighted by atomic mass is 16.5. The number of hydrogen-bond donors (Lipinski definition) is 0. The van der Waals surface area contributed by atoms with Crippen molar-refractivity contribution in [3.63, 3.8) is 0 Å². The molecule has 8 heteroatoms. The first-order chi connectivity index (χ1) is 28.2. The minimum Gasteiger partial charge on any atom is -0.493 e. The molecule has 8 nitrogen and oxygen atoms in total. The predicted octanol–water partition coefficient (Wildman–Crippen LogP) is 9.50. The average Bonchev–Trinajstić information content (AvgIpc) is 4.10. The number of methoxy groups -OCH3 is 4. The van der Waals surface area contributed by atoms with E-state index in [1.807, 2.05) is 0 Å². The molecule has 0 unspecified atom stereocenters. The second kappa shape index (κ2) is 11.0. The second-order valence-corrected chi connectivity index (χ2v) is 17.8. The van der Waals surface area contributed by atoms with Crippen molar-refractivity contribution < 1.29 is 38.0 Å². The molecule has 0 aromatic heterocycles. The van der Waals surface area contributed by atoms with Gasteiger partial charge in [-0.2, -0.15) is 0 Å². The Kier molecular flexibility index (Phi) is 6.33. The second-order valence-electron chi connectivity index (χ2n) is 17.8. The van der Waals surface area contributed by atoms with E-state index in [1.165, 1.54) is 80.6 Å². The van der Waals surface area contributed by atoms with Crippen LogP contribution in [0.5, 0.6) is 34.5 Å². The molecule has 0 aliphatic heterocycles. The third-order valence-electron chi connectivity index (χ3n) is 15.6. The normalized spacial score (nSPS) is 26.3. The Balaban J connectivity index is 0.966. The molecule has 0 heterocycles. The van der Waals surface area contributed by atoms with Gasteiger partial charge in [0.15, 0.2) is 23.0 Å². The summed E-state index contributed by atoms with van der Waals surface area (Å²) in [6, 6.07) is 18.5. The summed E-state index contributed by atoms with van der Waals surface area (Å²) in [5.41, 5.74) is 20.3. The van der Waals surface area contributed by atoms with Crippen LogP contribution in [0.3, 0.4) is 0 Å². The molecule has 5 aromatic carbocycles. The monoisotopic (exact) mass is 770 g/mol. The average molecular weight is 771 g/mol. The summed E-state index contributed by atoms with van der Waals surface area (Å²) >= 11 is 0. The fraction of sp³-hybridized carbons (Fsp3) is 0.360. The molecule has 5 aromatic rings. The van der Waals surface area contributed by atoms with Crippen LogP contribution in [0.25, 0.3) is 0 Å². The molecular weight excluding hydrogens is 729 g/mol. The summed E-state index contributed by atoms with van der Waals surface area (Å²) in [5.74, 6) is 5.15. The zero-order chi connectivity index (χ0) is 39.2. The summed E-state index contributed by atoms with van der Waals surface area (Å²) in [7, 11) is 6.79. The van der Waals surface area contributed by atoms with Crippen molar-refractivity contribution >= 4 is 11.9 Å². The molecule has 13 rings (SSSR count). The van der Waals surface area contributed by atoms with E-state index in [0.29, 0.717) is 35.2 Å². The molecule has 0 N–H and O–H groups in total. The van der Waals surface area contributed by atoms with E-state index < -0.39 is 0 Å². The summed E-state index contributed by atoms with van der Waals surface area (Å²) in [5, 5.41) is 0. The van der Waals surface area contributed by atoms with Crippen molar-refractivity contribution in [3.05, 3.63) is 138 Å². The SMILES string of the molecule is COc1cc2c(cc1OC)[C@@H]1C[C@H]2c2cc3c(cc21)[C@@H]1C[C@H]3c2c(OC(C)=O)c3c(c(OC(C)=O)c21)[C@@H]1C[C@H]3c2cc3c(cc21)[C@@H]1C[C@H]3c2cc(OC)c(OC)cc21. The molecule has 290 valence electrons. The van der Waals surface area contributed by atoms with Crippen molar-refractivity contribution in [2.75, 3.05) is 28.4 Å². The Morgan fingerprint density at radius 1 is 0.362 bits per heavy atom. The maximum absolute atomic E-state index is 13.1. The van der Waals surface area contributed by atoms with E-state index in [2.05, 4.69) is 48.5 Å². The van der Waals surface area contributed by atoms with Gasteiger partial charge in [0, 0.05) is 83.4 Å². The van der Waals surface area contributed by atoms with Crippen LogP contribution in [-0.4, -0.2) is 40.4 Å². The van der Waals surface area contributed by atoms with Gasteiger partial charge >= 0.3 is 11.9 Å². The van der Waals surface area contributed by atoms with Crippen LogP contribution < -0.4 is 28.4 Å². The molecule has 0 saturated heterocycles. The molecule has 8 bridgehead atoms. The van der Waals surface area contributed by atoms with Gasteiger partial charge in [-0.25, -0.2) is 0 Å². The van der Waals surface area contributed by atoms with Gasteiger partial charge in [0.25, 0.3) is 0 Å². The van der Waals surface area contributed by atoms with Gasteiger partial charge < -0.3 is 28.4 Å². The lowest BCUT2D eigenvalue weighted by molar-refractivity contribution is -0.133. The van der Waals surface area contributed by atoms with Crippen LogP contribution in [-0.2, 0) is 9.59 Å². The smallest absolute Gasteiger partial charge is 0.308 e. The highest BCUT2D eigenvalue weighted by Gasteiger charge is 2.56. The van der Waals surface area contributed by atoms with E-state index in [4.69, 9.17) is 28.4 Å². The van der Waals surface area contributed by atoms with Gasteiger partial charge in [0.2, 0.25) is 0 Å². The Morgan fingerprint density at radius 3 is 0.793 bits per heavy atom. The first kappa shape index (κ1) is 33.2. The molecule has 8 aliphatic carbocycles. The fourth-order valence-corrected chi connectivity index (χ4v) is 13.7. The first-order valence-electron chi connectivity index (χ1n) is 20.7. The van der Waals surface area contributed by atoms with E-state index in [9.17, 15) is 9.59 Å². The maximum Gasteiger partial charge on any atom is 0.308 e. The maximum atomic E-state index is 13.1.